The van der Waals surface area contributed by atoms with Crippen molar-refractivity contribution in [3.63, 3.8) is 0 Å². The van der Waals surface area contributed by atoms with Crippen LogP contribution < -0.4 is 5.32 Å². The van der Waals surface area contributed by atoms with Gasteiger partial charge in [-0.1, -0.05) is 75.4 Å². The van der Waals surface area contributed by atoms with Gasteiger partial charge in [0, 0.05) is 6.42 Å². The summed E-state index contributed by atoms with van der Waals surface area (Å²) in [6.45, 7) is 8.10. The first-order valence-corrected chi connectivity index (χ1v) is 10.8. The third-order valence-electron chi connectivity index (χ3n) is 6.09. The van der Waals surface area contributed by atoms with Gasteiger partial charge in [0.25, 0.3) is 11.8 Å². The Morgan fingerprint density at radius 2 is 1.72 bits per heavy atom. The standard InChI is InChI=1S/C25H28N4O3/c1-24(2,3)18-10-12-19(13-11-18)25(4)22(31)28(23(32)26-25)16-21(30)29-15-14-20(27-29)17-8-6-5-7-9-17/h5-13H,14-16H2,1-4H3,(H,26,32). The van der Waals surface area contributed by atoms with Crippen molar-refractivity contribution < 1.29 is 14.4 Å². The monoisotopic (exact) mass is 432 g/mol. The molecule has 2 heterocycles. The molecule has 0 spiro atoms. The second kappa shape index (κ2) is 7.89. The number of hydrazone groups is 1. The molecule has 2 aliphatic rings. The second-order valence-corrected chi connectivity index (χ2v) is 9.45. The number of hydrogen-bond acceptors (Lipinski definition) is 4. The van der Waals surface area contributed by atoms with Gasteiger partial charge in [0.05, 0.1) is 12.3 Å². The van der Waals surface area contributed by atoms with Gasteiger partial charge in [0.1, 0.15) is 12.1 Å². The lowest BCUT2D eigenvalue weighted by molar-refractivity contribution is -0.138. The summed E-state index contributed by atoms with van der Waals surface area (Å²) in [7, 11) is 0. The summed E-state index contributed by atoms with van der Waals surface area (Å²) in [5.41, 5.74) is 2.37. The van der Waals surface area contributed by atoms with Crippen LogP contribution in [0.15, 0.2) is 59.7 Å². The van der Waals surface area contributed by atoms with Crippen LogP contribution in [0.5, 0.6) is 0 Å². The van der Waals surface area contributed by atoms with Crippen molar-refractivity contribution in [1.29, 1.82) is 0 Å². The van der Waals surface area contributed by atoms with E-state index in [-0.39, 0.29) is 17.9 Å². The molecule has 1 unspecified atom stereocenters. The molecule has 0 saturated carbocycles. The number of amides is 4. The summed E-state index contributed by atoms with van der Waals surface area (Å²) in [6, 6.07) is 16.7. The van der Waals surface area contributed by atoms with Crippen LogP contribution in [-0.4, -0.2) is 46.6 Å². The number of carbonyl (C=O) groups excluding carboxylic acids is 3. The SMILES string of the molecule is CC(C)(C)c1ccc(C2(C)NC(=O)N(CC(=O)N3CCC(c4ccccc4)=N3)C2=O)cc1. The van der Waals surface area contributed by atoms with E-state index in [4.69, 9.17) is 0 Å². The molecule has 2 aromatic carbocycles. The fourth-order valence-corrected chi connectivity index (χ4v) is 4.03. The molecule has 1 atom stereocenters. The number of urea groups is 1. The number of imide groups is 1. The van der Waals surface area contributed by atoms with Crippen molar-refractivity contribution in [3.8, 4) is 0 Å². The van der Waals surface area contributed by atoms with Gasteiger partial charge in [-0.25, -0.2) is 9.80 Å². The van der Waals surface area contributed by atoms with Crippen LogP contribution >= 0.6 is 0 Å². The van der Waals surface area contributed by atoms with Crippen molar-refractivity contribution in [2.45, 2.75) is 45.1 Å². The third-order valence-corrected chi connectivity index (χ3v) is 6.09. The van der Waals surface area contributed by atoms with Gasteiger partial charge in [0.15, 0.2) is 0 Å². The molecule has 166 valence electrons. The Bertz CT molecular complexity index is 1090. The summed E-state index contributed by atoms with van der Waals surface area (Å²) in [6.07, 6.45) is 0.633. The Morgan fingerprint density at radius 3 is 2.34 bits per heavy atom. The molecule has 4 rings (SSSR count). The average Bonchev–Trinajstić information content (AvgIpc) is 3.34. The molecular formula is C25H28N4O3. The first kappa shape index (κ1) is 21.7. The second-order valence-electron chi connectivity index (χ2n) is 9.45. The Labute approximate surface area is 188 Å². The van der Waals surface area contributed by atoms with Gasteiger partial charge in [-0.3, -0.25) is 14.5 Å². The van der Waals surface area contributed by atoms with Gasteiger partial charge in [-0.2, -0.15) is 5.10 Å². The predicted molar refractivity (Wildman–Crippen MR) is 122 cm³/mol. The molecule has 0 radical (unpaired) electrons. The largest absolute Gasteiger partial charge is 0.325 e. The molecule has 2 aromatic rings. The minimum Gasteiger partial charge on any atom is -0.319 e. The Hall–Kier alpha value is -3.48. The highest BCUT2D eigenvalue weighted by Gasteiger charge is 2.49. The molecule has 4 amide bonds. The van der Waals surface area contributed by atoms with Crippen molar-refractivity contribution in [2.24, 2.45) is 5.10 Å². The first-order valence-electron chi connectivity index (χ1n) is 10.8. The summed E-state index contributed by atoms with van der Waals surface area (Å²) in [5.74, 6) is -0.822. The number of nitrogens with zero attached hydrogens (tertiary/aromatic N) is 3. The van der Waals surface area contributed by atoms with Crippen LogP contribution in [-0.2, 0) is 20.5 Å². The fourth-order valence-electron chi connectivity index (χ4n) is 4.03. The summed E-state index contributed by atoms with van der Waals surface area (Å²) in [4.78, 5) is 39.6. The van der Waals surface area contributed by atoms with E-state index in [1.54, 1.807) is 6.92 Å². The number of carbonyl (C=O) groups is 3. The average molecular weight is 433 g/mol. The normalized spacial score (nSPS) is 21.1. The van der Waals surface area contributed by atoms with Crippen molar-refractivity contribution in [2.75, 3.05) is 13.1 Å². The van der Waals surface area contributed by atoms with E-state index in [1.807, 2.05) is 54.6 Å². The smallest absolute Gasteiger partial charge is 0.319 e. The maximum absolute atomic E-state index is 13.2. The zero-order chi connectivity index (χ0) is 23.1. The van der Waals surface area contributed by atoms with E-state index in [1.165, 1.54) is 5.01 Å². The topological polar surface area (TPSA) is 82.1 Å². The number of benzene rings is 2. The lowest BCUT2D eigenvalue weighted by Crippen LogP contribution is -2.43. The number of hydrogen-bond donors (Lipinski definition) is 1. The molecule has 7 nitrogen and oxygen atoms in total. The minimum absolute atomic E-state index is 0.0182. The summed E-state index contributed by atoms with van der Waals surface area (Å²) >= 11 is 0. The Kier molecular flexibility index (Phi) is 5.36. The fraction of sp³-hybridized carbons (Fsp3) is 0.360. The van der Waals surface area contributed by atoms with Crippen molar-refractivity contribution in [3.05, 3.63) is 71.3 Å². The van der Waals surface area contributed by atoms with Crippen molar-refractivity contribution in [1.82, 2.24) is 15.2 Å². The van der Waals surface area contributed by atoms with Gasteiger partial charge in [-0.15, -0.1) is 0 Å². The Morgan fingerprint density at radius 1 is 1.06 bits per heavy atom. The Balaban J connectivity index is 1.48. The quantitative estimate of drug-likeness (QED) is 0.752. The lowest BCUT2D eigenvalue weighted by atomic mass is 9.84. The van der Waals surface area contributed by atoms with Gasteiger partial charge in [0.2, 0.25) is 0 Å². The molecule has 32 heavy (non-hydrogen) atoms. The van der Waals surface area contributed by atoms with Gasteiger partial charge < -0.3 is 5.32 Å². The van der Waals surface area contributed by atoms with E-state index in [9.17, 15) is 14.4 Å². The maximum atomic E-state index is 13.2. The van der Waals surface area contributed by atoms with E-state index in [0.29, 0.717) is 18.5 Å². The third kappa shape index (κ3) is 3.90. The molecule has 7 heteroatoms. The molecule has 0 bridgehead atoms. The lowest BCUT2D eigenvalue weighted by Gasteiger charge is -2.24. The van der Waals surface area contributed by atoms with Gasteiger partial charge in [-0.05, 0) is 29.0 Å². The minimum atomic E-state index is -1.21. The highest BCUT2D eigenvalue weighted by atomic mass is 16.2. The molecular weight excluding hydrogens is 404 g/mol. The zero-order valence-electron chi connectivity index (χ0n) is 18.9. The summed E-state index contributed by atoms with van der Waals surface area (Å²) in [5, 5.41) is 8.52. The number of nitrogens with one attached hydrogen (secondary N) is 1. The molecule has 1 N–H and O–H groups in total. The van der Waals surface area contributed by atoms with E-state index < -0.39 is 17.5 Å². The zero-order valence-corrected chi connectivity index (χ0v) is 18.9. The van der Waals surface area contributed by atoms with Crippen LogP contribution in [0.3, 0.4) is 0 Å². The van der Waals surface area contributed by atoms with E-state index >= 15 is 0 Å². The van der Waals surface area contributed by atoms with E-state index in [0.717, 1.165) is 21.7 Å². The van der Waals surface area contributed by atoms with Crippen molar-refractivity contribution >= 4 is 23.6 Å². The van der Waals surface area contributed by atoms with Crippen LogP contribution in [0.2, 0.25) is 0 Å². The maximum Gasteiger partial charge on any atom is 0.325 e. The first-order chi connectivity index (χ1) is 15.1. The van der Waals surface area contributed by atoms with Crippen LogP contribution in [0.1, 0.15) is 50.8 Å². The molecule has 2 aliphatic heterocycles. The van der Waals surface area contributed by atoms with E-state index in [2.05, 4.69) is 31.2 Å². The predicted octanol–water partition coefficient (Wildman–Crippen LogP) is 3.39. The molecule has 0 aliphatic carbocycles. The van der Waals surface area contributed by atoms with Crippen LogP contribution in [0.4, 0.5) is 4.79 Å². The highest BCUT2D eigenvalue weighted by Crippen LogP contribution is 2.31. The molecule has 1 fully saturated rings. The summed E-state index contributed by atoms with van der Waals surface area (Å²) < 4.78 is 0. The molecule has 1 saturated heterocycles. The number of rotatable bonds is 4. The highest BCUT2D eigenvalue weighted by molar-refractivity contribution is 6.09. The van der Waals surface area contributed by atoms with Gasteiger partial charge >= 0.3 is 6.03 Å². The molecule has 0 aromatic heterocycles. The van der Waals surface area contributed by atoms with Crippen LogP contribution in [0, 0.1) is 0 Å². The van der Waals surface area contributed by atoms with Crippen LogP contribution in [0.25, 0.3) is 0 Å².